The second-order valence-corrected chi connectivity index (χ2v) is 3.63. The lowest BCUT2D eigenvalue weighted by atomic mass is 10.3. The van der Waals surface area contributed by atoms with Crippen LogP contribution in [0, 0.1) is 0 Å². The van der Waals surface area contributed by atoms with Crippen LogP contribution < -0.4 is 5.32 Å². The summed E-state index contributed by atoms with van der Waals surface area (Å²) in [7, 11) is 1.98. The lowest BCUT2D eigenvalue weighted by Gasteiger charge is -2.03. The summed E-state index contributed by atoms with van der Waals surface area (Å²) in [5.74, 6) is 0.909. The number of rotatable bonds is 3. The highest BCUT2D eigenvalue weighted by Crippen LogP contribution is 2.08. The molecule has 13 heavy (non-hydrogen) atoms. The summed E-state index contributed by atoms with van der Waals surface area (Å²) in [4.78, 5) is 4.17. The third-order valence-corrected chi connectivity index (χ3v) is 2.58. The summed E-state index contributed by atoms with van der Waals surface area (Å²) in [6, 6.07) is 2.11. The summed E-state index contributed by atoms with van der Waals surface area (Å²) in [6.45, 7) is 0.842. The van der Waals surface area contributed by atoms with Gasteiger partial charge >= 0.3 is 0 Å². The van der Waals surface area contributed by atoms with Crippen molar-refractivity contribution in [1.82, 2.24) is 9.55 Å². The zero-order valence-corrected chi connectivity index (χ0v) is 8.21. The number of hydrogen-bond acceptors (Lipinski definition) is 3. The molecule has 68 valence electrons. The minimum Gasteiger partial charge on any atom is -0.352 e. The normalized spacial score (nSPS) is 10.2. The van der Waals surface area contributed by atoms with Crippen LogP contribution in [0.2, 0.25) is 0 Å². The Morgan fingerprint density at radius 3 is 3.15 bits per heavy atom. The van der Waals surface area contributed by atoms with Crippen molar-refractivity contribution < 1.29 is 0 Å². The highest BCUT2D eigenvalue weighted by Gasteiger charge is 1.97. The van der Waals surface area contributed by atoms with E-state index in [9.17, 15) is 0 Å². The van der Waals surface area contributed by atoms with Crippen molar-refractivity contribution in [3.63, 3.8) is 0 Å². The Kier molecular flexibility index (Phi) is 2.31. The average Bonchev–Trinajstić information content (AvgIpc) is 2.72. The predicted molar refractivity (Wildman–Crippen MR) is 54.9 cm³/mol. The zero-order valence-electron chi connectivity index (χ0n) is 7.40. The van der Waals surface area contributed by atoms with Crippen molar-refractivity contribution in [2.75, 3.05) is 5.32 Å². The lowest BCUT2D eigenvalue weighted by Crippen LogP contribution is -2.03. The Balaban J connectivity index is 1.97. The summed E-state index contributed by atoms with van der Waals surface area (Å²) < 4.78 is 1.96. The molecule has 4 heteroatoms. The van der Waals surface area contributed by atoms with Gasteiger partial charge in [-0.1, -0.05) is 0 Å². The van der Waals surface area contributed by atoms with Crippen LogP contribution in [0.4, 0.5) is 5.95 Å². The third kappa shape index (κ3) is 1.89. The molecule has 0 aromatic carbocycles. The molecule has 0 atom stereocenters. The molecule has 0 aliphatic carbocycles. The highest BCUT2D eigenvalue weighted by molar-refractivity contribution is 7.07. The first-order valence-corrected chi connectivity index (χ1v) is 5.03. The fourth-order valence-corrected chi connectivity index (χ4v) is 1.78. The number of imidazole rings is 1. The smallest absolute Gasteiger partial charge is 0.202 e. The topological polar surface area (TPSA) is 29.9 Å². The predicted octanol–water partition coefficient (Wildman–Crippen LogP) is 2.09. The van der Waals surface area contributed by atoms with Crippen LogP contribution in [0.5, 0.6) is 0 Å². The van der Waals surface area contributed by atoms with Gasteiger partial charge in [-0.2, -0.15) is 11.3 Å². The van der Waals surface area contributed by atoms with Gasteiger partial charge in [0.1, 0.15) is 0 Å². The van der Waals surface area contributed by atoms with Gasteiger partial charge < -0.3 is 9.88 Å². The summed E-state index contributed by atoms with van der Waals surface area (Å²) in [6.07, 6.45) is 3.71. The standard InChI is InChI=1S/C9H11N3S/c1-12-4-3-10-9(12)11-6-8-2-5-13-7-8/h2-5,7H,6H2,1H3,(H,10,11). The Morgan fingerprint density at radius 2 is 2.54 bits per heavy atom. The van der Waals surface area contributed by atoms with E-state index in [4.69, 9.17) is 0 Å². The van der Waals surface area contributed by atoms with Gasteiger partial charge in [-0.25, -0.2) is 4.98 Å². The minimum atomic E-state index is 0.842. The molecule has 0 aliphatic rings. The third-order valence-electron chi connectivity index (χ3n) is 1.85. The largest absolute Gasteiger partial charge is 0.352 e. The van der Waals surface area contributed by atoms with Gasteiger partial charge in [0.05, 0.1) is 0 Å². The fraction of sp³-hybridized carbons (Fsp3) is 0.222. The molecular formula is C9H11N3S. The van der Waals surface area contributed by atoms with Crippen molar-refractivity contribution in [1.29, 1.82) is 0 Å². The summed E-state index contributed by atoms with van der Waals surface area (Å²) in [5, 5.41) is 7.47. The molecule has 2 heterocycles. The van der Waals surface area contributed by atoms with E-state index in [0.717, 1.165) is 12.5 Å². The molecule has 2 aromatic rings. The number of hydrogen-bond donors (Lipinski definition) is 1. The number of nitrogens with zero attached hydrogens (tertiary/aromatic N) is 2. The van der Waals surface area contributed by atoms with Gasteiger partial charge in [0.2, 0.25) is 5.95 Å². The molecule has 0 spiro atoms. The highest BCUT2D eigenvalue weighted by atomic mass is 32.1. The second-order valence-electron chi connectivity index (χ2n) is 2.85. The van der Waals surface area contributed by atoms with E-state index < -0.39 is 0 Å². The average molecular weight is 193 g/mol. The first kappa shape index (κ1) is 8.31. The van der Waals surface area contributed by atoms with Crippen LogP contribution in [0.1, 0.15) is 5.56 Å². The quantitative estimate of drug-likeness (QED) is 0.809. The maximum Gasteiger partial charge on any atom is 0.202 e. The van der Waals surface area contributed by atoms with E-state index in [2.05, 4.69) is 27.1 Å². The fourth-order valence-electron chi connectivity index (χ4n) is 1.11. The second kappa shape index (κ2) is 3.62. The Hall–Kier alpha value is -1.29. The number of anilines is 1. The number of thiophene rings is 1. The molecule has 0 saturated heterocycles. The molecule has 0 saturated carbocycles. The zero-order chi connectivity index (χ0) is 9.10. The van der Waals surface area contributed by atoms with Crippen LogP contribution in [0.3, 0.4) is 0 Å². The maximum absolute atomic E-state index is 4.17. The van der Waals surface area contributed by atoms with Gasteiger partial charge in [0.25, 0.3) is 0 Å². The monoisotopic (exact) mass is 193 g/mol. The number of aryl methyl sites for hydroxylation is 1. The van der Waals surface area contributed by atoms with Crippen molar-refractivity contribution in [3.05, 3.63) is 34.8 Å². The summed E-state index contributed by atoms with van der Waals surface area (Å²) in [5.41, 5.74) is 1.30. The number of aromatic nitrogens is 2. The molecule has 0 radical (unpaired) electrons. The molecule has 1 N–H and O–H groups in total. The first-order valence-electron chi connectivity index (χ1n) is 4.08. The van der Waals surface area contributed by atoms with E-state index >= 15 is 0 Å². The lowest BCUT2D eigenvalue weighted by molar-refractivity contribution is 0.901. The van der Waals surface area contributed by atoms with Crippen LogP contribution in [-0.2, 0) is 13.6 Å². The first-order chi connectivity index (χ1) is 6.36. The Bertz CT molecular complexity index is 364. The summed E-state index contributed by atoms with van der Waals surface area (Å²) >= 11 is 1.71. The Labute approximate surface area is 81.0 Å². The van der Waals surface area contributed by atoms with E-state index in [1.807, 2.05) is 17.8 Å². The van der Waals surface area contributed by atoms with Crippen LogP contribution >= 0.6 is 11.3 Å². The molecule has 2 rings (SSSR count). The van der Waals surface area contributed by atoms with E-state index in [1.54, 1.807) is 17.5 Å². The molecule has 2 aromatic heterocycles. The van der Waals surface area contributed by atoms with Crippen molar-refractivity contribution in [2.24, 2.45) is 7.05 Å². The maximum atomic E-state index is 4.17. The van der Waals surface area contributed by atoms with E-state index in [-0.39, 0.29) is 0 Å². The molecule has 0 fully saturated rings. The molecule has 0 amide bonds. The van der Waals surface area contributed by atoms with E-state index in [0.29, 0.717) is 0 Å². The van der Waals surface area contributed by atoms with Crippen LogP contribution in [0.15, 0.2) is 29.2 Å². The van der Waals surface area contributed by atoms with Crippen molar-refractivity contribution in [3.8, 4) is 0 Å². The van der Waals surface area contributed by atoms with Gasteiger partial charge in [0, 0.05) is 26.0 Å². The van der Waals surface area contributed by atoms with Gasteiger partial charge in [0.15, 0.2) is 0 Å². The van der Waals surface area contributed by atoms with Gasteiger partial charge in [-0.3, -0.25) is 0 Å². The van der Waals surface area contributed by atoms with Gasteiger partial charge in [-0.05, 0) is 22.4 Å². The molecule has 0 unspecified atom stereocenters. The molecule has 0 aliphatic heterocycles. The molecule has 0 bridgehead atoms. The van der Waals surface area contributed by atoms with Crippen LogP contribution in [0.25, 0.3) is 0 Å². The van der Waals surface area contributed by atoms with Crippen molar-refractivity contribution in [2.45, 2.75) is 6.54 Å². The molecular weight excluding hydrogens is 182 g/mol. The van der Waals surface area contributed by atoms with Crippen LogP contribution in [-0.4, -0.2) is 9.55 Å². The minimum absolute atomic E-state index is 0.842. The van der Waals surface area contributed by atoms with Gasteiger partial charge in [-0.15, -0.1) is 0 Å². The number of nitrogens with one attached hydrogen (secondary N) is 1. The van der Waals surface area contributed by atoms with E-state index in [1.165, 1.54) is 5.56 Å². The Morgan fingerprint density at radius 1 is 1.62 bits per heavy atom. The molecule has 3 nitrogen and oxygen atoms in total. The SMILES string of the molecule is Cn1ccnc1NCc1ccsc1. The van der Waals surface area contributed by atoms with Crippen molar-refractivity contribution >= 4 is 17.3 Å².